The number of nitrogens with zero attached hydrogens (tertiary/aromatic N) is 1. The molecule has 0 bridgehead atoms. The molecule has 0 rings (SSSR count). The summed E-state index contributed by atoms with van der Waals surface area (Å²) < 4.78 is 0. The van der Waals surface area contributed by atoms with Gasteiger partial charge in [0.25, 0.3) is 0 Å². The first kappa shape index (κ1) is 9.00. The standard InChI is InChI=1S/Li.HNO2/c;2-1-3/h;(H,2,3)/q+1;/p-1. The third-order valence-corrected chi connectivity index (χ3v) is 0. The predicted octanol–water partition coefficient (Wildman–Crippen LogP) is -2.75. The molecule has 0 fully saturated rings. The third-order valence-electron chi connectivity index (χ3n) is 0. The molecule has 0 aliphatic rings. The van der Waals surface area contributed by atoms with Crippen molar-refractivity contribution in [3.05, 3.63) is 10.1 Å². The molecule has 0 spiro atoms. The summed E-state index contributed by atoms with van der Waals surface area (Å²) in [5.41, 5.74) is 0. The molecule has 0 aliphatic carbocycles. The maximum atomic E-state index is 8.00. The van der Waals surface area contributed by atoms with Gasteiger partial charge in [0, 0.05) is 0 Å². The first-order valence-corrected chi connectivity index (χ1v) is 0.365. The van der Waals surface area contributed by atoms with Gasteiger partial charge in [-0.3, -0.25) is 0 Å². The van der Waals surface area contributed by atoms with Crippen molar-refractivity contribution in [3.8, 4) is 0 Å². The van der Waals surface area contributed by atoms with E-state index in [1.165, 1.54) is 0 Å². The van der Waals surface area contributed by atoms with Gasteiger partial charge in [0.1, 0.15) is 0 Å². The Morgan fingerprint density at radius 1 is 1.75 bits per heavy atom. The van der Waals surface area contributed by atoms with Crippen molar-refractivity contribution >= 4 is 0 Å². The Morgan fingerprint density at radius 3 is 1.75 bits per heavy atom. The van der Waals surface area contributed by atoms with Gasteiger partial charge in [-0.25, -0.2) is 0 Å². The van der Waals surface area contributed by atoms with E-state index in [-0.39, 0.29) is 18.9 Å². The number of hydrogen-bond donors (Lipinski definition) is 0. The predicted molar refractivity (Wildman–Crippen MR) is 9.16 cm³/mol. The topological polar surface area (TPSA) is 52.5 Å². The fraction of sp³-hybridized carbons (Fsp3) is 0. The molecule has 0 aromatic carbocycles. The molecule has 0 saturated heterocycles. The van der Waals surface area contributed by atoms with Crippen LogP contribution in [-0.2, 0) is 0 Å². The molecule has 0 aromatic heterocycles. The molecule has 3 nitrogen and oxygen atoms in total. The van der Waals surface area contributed by atoms with Gasteiger partial charge >= 0.3 is 18.9 Å². The van der Waals surface area contributed by atoms with Crippen LogP contribution in [0.2, 0.25) is 0 Å². The van der Waals surface area contributed by atoms with E-state index in [4.69, 9.17) is 10.1 Å². The maximum absolute atomic E-state index is 8.00. The number of hydrogen-bond acceptors (Lipinski definition) is 3. The Balaban J connectivity index is 0. The maximum Gasteiger partial charge on any atom is 1.00 e. The van der Waals surface area contributed by atoms with Crippen molar-refractivity contribution in [2.75, 3.05) is 0 Å². The SMILES string of the molecule is O=N[O-].[Li+]. The molecular weight excluding hydrogens is 52.9 g/mol. The first-order chi connectivity index (χ1) is 1.41. The van der Waals surface area contributed by atoms with E-state index < -0.39 is 0 Å². The zero-order valence-corrected chi connectivity index (χ0v) is 2.26. The fourth-order valence-electron chi connectivity index (χ4n) is 0. The van der Waals surface area contributed by atoms with E-state index in [0.29, 0.717) is 0 Å². The van der Waals surface area contributed by atoms with Crippen LogP contribution in [0.1, 0.15) is 0 Å². The summed E-state index contributed by atoms with van der Waals surface area (Å²) in [7, 11) is 0. The molecule has 0 saturated carbocycles. The van der Waals surface area contributed by atoms with E-state index in [2.05, 4.69) is 0 Å². The molecule has 0 aromatic rings. The molecule has 0 radical (unpaired) electrons. The van der Waals surface area contributed by atoms with Crippen LogP contribution in [0.25, 0.3) is 0 Å². The van der Waals surface area contributed by atoms with Gasteiger partial charge in [-0.05, 0) is 0 Å². The largest absolute Gasteiger partial charge is 1.00 e. The van der Waals surface area contributed by atoms with Gasteiger partial charge in [-0.15, -0.1) is 5.34 Å². The molecule has 4 heteroatoms. The molecule has 0 atom stereocenters. The molecular formula is LiNO2. The normalized spacial score (nSPS) is 3.00. The van der Waals surface area contributed by atoms with Gasteiger partial charge in [-0.1, -0.05) is 0 Å². The van der Waals surface area contributed by atoms with Crippen molar-refractivity contribution in [1.29, 1.82) is 0 Å². The van der Waals surface area contributed by atoms with E-state index >= 15 is 0 Å². The first-order valence-electron chi connectivity index (χ1n) is 0.365. The van der Waals surface area contributed by atoms with Crippen LogP contribution in [0.3, 0.4) is 0 Å². The van der Waals surface area contributed by atoms with Crippen LogP contribution >= 0.6 is 0 Å². The molecule has 4 heavy (non-hydrogen) atoms. The third kappa shape index (κ3) is 295000. The van der Waals surface area contributed by atoms with Gasteiger partial charge < -0.3 is 10.1 Å². The summed E-state index contributed by atoms with van der Waals surface area (Å²) in [6.07, 6.45) is 0. The summed E-state index contributed by atoms with van der Waals surface area (Å²) in [5, 5.41) is 9.00. The van der Waals surface area contributed by atoms with Crippen LogP contribution in [0.15, 0.2) is 5.34 Å². The van der Waals surface area contributed by atoms with Crippen LogP contribution < -0.4 is 18.9 Å². The Kier molecular flexibility index (Phi) is 27.1. The second-order valence-electron chi connectivity index (χ2n) is 0.0745. The Bertz CT molecular complexity index is 13.5. The minimum atomic E-state index is 0. The molecule has 0 heterocycles. The number of rotatable bonds is 0. The van der Waals surface area contributed by atoms with Gasteiger partial charge in [0.05, 0.1) is 0 Å². The summed E-state index contributed by atoms with van der Waals surface area (Å²) in [6, 6.07) is 0. The van der Waals surface area contributed by atoms with Crippen molar-refractivity contribution < 1.29 is 18.9 Å². The van der Waals surface area contributed by atoms with Crippen molar-refractivity contribution in [2.45, 2.75) is 0 Å². The summed E-state index contributed by atoms with van der Waals surface area (Å²) in [5.74, 6) is 0. The molecule has 0 N–H and O–H groups in total. The minimum absolute atomic E-state index is 0. The Labute approximate surface area is 35.1 Å². The molecule has 0 aliphatic heterocycles. The fourth-order valence-corrected chi connectivity index (χ4v) is 0. The average molecular weight is 52.9 g/mol. The minimum Gasteiger partial charge on any atom is -0.444 e. The zero-order chi connectivity index (χ0) is 2.71. The van der Waals surface area contributed by atoms with E-state index in [9.17, 15) is 0 Å². The van der Waals surface area contributed by atoms with Gasteiger partial charge in [0.15, 0.2) is 0 Å². The summed E-state index contributed by atoms with van der Waals surface area (Å²) >= 11 is 0. The van der Waals surface area contributed by atoms with E-state index in [0.717, 1.165) is 5.34 Å². The Hall–Kier alpha value is -0.00260. The zero-order valence-electron chi connectivity index (χ0n) is 2.26. The second-order valence-corrected chi connectivity index (χ2v) is 0.0745. The quantitative estimate of drug-likeness (QED) is 0.171. The second kappa shape index (κ2) is 12.0. The van der Waals surface area contributed by atoms with Gasteiger partial charge in [0.2, 0.25) is 0 Å². The van der Waals surface area contributed by atoms with E-state index in [1.807, 2.05) is 0 Å². The summed E-state index contributed by atoms with van der Waals surface area (Å²) in [4.78, 5) is 8.00. The van der Waals surface area contributed by atoms with Crippen molar-refractivity contribution in [3.63, 3.8) is 0 Å². The van der Waals surface area contributed by atoms with Crippen LogP contribution in [0.5, 0.6) is 0 Å². The monoisotopic (exact) mass is 53.0 g/mol. The van der Waals surface area contributed by atoms with Crippen molar-refractivity contribution in [2.24, 2.45) is 5.34 Å². The molecule has 18 valence electrons. The van der Waals surface area contributed by atoms with Crippen LogP contribution in [0.4, 0.5) is 0 Å². The van der Waals surface area contributed by atoms with Crippen LogP contribution in [-0.4, -0.2) is 0 Å². The molecule has 0 unspecified atom stereocenters. The smallest absolute Gasteiger partial charge is 0.444 e. The van der Waals surface area contributed by atoms with Gasteiger partial charge in [-0.2, -0.15) is 0 Å². The van der Waals surface area contributed by atoms with E-state index in [1.54, 1.807) is 0 Å². The molecule has 0 amide bonds. The van der Waals surface area contributed by atoms with Crippen LogP contribution in [0, 0.1) is 10.1 Å². The van der Waals surface area contributed by atoms with Crippen molar-refractivity contribution in [1.82, 2.24) is 0 Å². The average Bonchev–Trinajstić information content (AvgIpc) is 0.918. The Morgan fingerprint density at radius 2 is 1.75 bits per heavy atom. The summed E-state index contributed by atoms with van der Waals surface area (Å²) in [6.45, 7) is 0.